The molecule has 1 heterocycles. The van der Waals surface area contributed by atoms with Crippen molar-refractivity contribution in [3.05, 3.63) is 17.6 Å². The number of nitrogens with zero attached hydrogens (tertiary/aromatic N) is 4. The minimum Gasteiger partial charge on any atom is -0.0979 e. The van der Waals surface area contributed by atoms with Crippen LogP contribution in [-0.2, 0) is 0 Å². The van der Waals surface area contributed by atoms with E-state index in [0.717, 1.165) is 12.8 Å². The second-order valence-electron chi connectivity index (χ2n) is 1.84. The minimum absolute atomic E-state index is 0.466. The van der Waals surface area contributed by atoms with Crippen LogP contribution >= 0.6 is 0 Å². The van der Waals surface area contributed by atoms with Crippen molar-refractivity contribution in [1.82, 2.24) is 0 Å². The van der Waals surface area contributed by atoms with E-state index in [9.17, 15) is 0 Å². The van der Waals surface area contributed by atoms with Gasteiger partial charge in [-0.2, -0.15) is 0 Å². The molecular weight excluding hydrogens is 128 g/mol. The molecule has 10 heavy (non-hydrogen) atoms. The van der Waals surface area contributed by atoms with Crippen molar-refractivity contribution in [3.63, 3.8) is 0 Å². The van der Waals surface area contributed by atoms with Crippen molar-refractivity contribution in [3.8, 4) is 0 Å². The van der Waals surface area contributed by atoms with Gasteiger partial charge in [0.05, 0.1) is 0 Å². The summed E-state index contributed by atoms with van der Waals surface area (Å²) in [5.41, 5.74) is 2.85. The van der Waals surface area contributed by atoms with E-state index in [1.807, 2.05) is 6.08 Å². The van der Waals surface area contributed by atoms with Crippen molar-refractivity contribution in [2.75, 3.05) is 0 Å². The van der Waals surface area contributed by atoms with Crippen molar-refractivity contribution < 1.29 is 0 Å². The molecular formula is C6H8N4. The summed E-state index contributed by atoms with van der Waals surface area (Å²) in [4.78, 5) is 0. The first-order chi connectivity index (χ1) is 4.93. The number of allylic oxidation sites excluding steroid dienone is 1. The largest absolute Gasteiger partial charge is 0.242 e. The minimum atomic E-state index is 0.466. The van der Waals surface area contributed by atoms with Crippen LogP contribution < -0.4 is 0 Å². The summed E-state index contributed by atoms with van der Waals surface area (Å²) in [6.45, 7) is 2.10. The normalized spacial score (nSPS) is 13.9. The molecule has 1 rings (SSSR count). The van der Waals surface area contributed by atoms with Crippen molar-refractivity contribution in [1.29, 1.82) is 0 Å². The van der Waals surface area contributed by atoms with E-state index in [0.29, 0.717) is 5.82 Å². The van der Waals surface area contributed by atoms with Gasteiger partial charge in [-0.1, -0.05) is 29.3 Å². The molecule has 0 saturated carbocycles. The van der Waals surface area contributed by atoms with Gasteiger partial charge in [-0.15, -0.1) is 0 Å². The van der Waals surface area contributed by atoms with E-state index in [1.165, 1.54) is 0 Å². The van der Waals surface area contributed by atoms with Gasteiger partial charge in [0, 0.05) is 0 Å². The molecule has 0 radical (unpaired) electrons. The smallest absolute Gasteiger partial charge is 0.0979 e. The van der Waals surface area contributed by atoms with Gasteiger partial charge in [-0.3, -0.25) is 0 Å². The molecule has 52 valence electrons. The third-order valence-corrected chi connectivity index (χ3v) is 0.983. The second-order valence-corrected chi connectivity index (χ2v) is 1.84. The average Bonchev–Trinajstić information content (AvgIpc) is 2.41. The van der Waals surface area contributed by atoms with Gasteiger partial charge in [0.1, 0.15) is 0 Å². The molecule has 0 aliphatic carbocycles. The SMILES string of the molecule is CCCC=C=C1N=NN=N1. The molecule has 0 aromatic rings. The highest BCUT2D eigenvalue weighted by molar-refractivity contribution is 4.97. The molecule has 0 bridgehead atoms. The molecule has 1 aliphatic rings. The first-order valence-electron chi connectivity index (χ1n) is 3.20. The van der Waals surface area contributed by atoms with Gasteiger partial charge in [-0.05, 0) is 22.9 Å². The fourth-order valence-corrected chi connectivity index (χ4v) is 0.510. The van der Waals surface area contributed by atoms with Crippen molar-refractivity contribution in [2.45, 2.75) is 19.8 Å². The summed E-state index contributed by atoms with van der Waals surface area (Å²) in [5, 5.41) is 13.8. The third kappa shape index (κ3) is 1.91. The lowest BCUT2D eigenvalue weighted by Gasteiger charge is -1.76. The summed E-state index contributed by atoms with van der Waals surface area (Å²) in [7, 11) is 0. The maximum atomic E-state index is 3.57. The molecule has 0 unspecified atom stereocenters. The van der Waals surface area contributed by atoms with E-state index >= 15 is 0 Å². The summed E-state index contributed by atoms with van der Waals surface area (Å²) in [6, 6.07) is 0. The second kappa shape index (κ2) is 3.69. The Morgan fingerprint density at radius 2 is 2.10 bits per heavy atom. The van der Waals surface area contributed by atoms with Crippen LogP contribution in [0.2, 0.25) is 0 Å². The number of hydrogen-bond acceptors (Lipinski definition) is 4. The predicted octanol–water partition coefficient (Wildman–Crippen LogP) is 2.62. The highest BCUT2D eigenvalue weighted by atomic mass is 15.5. The van der Waals surface area contributed by atoms with Crippen LogP contribution in [0.1, 0.15) is 19.8 Å². The van der Waals surface area contributed by atoms with E-state index in [1.54, 1.807) is 0 Å². The molecule has 1 aliphatic heterocycles. The Morgan fingerprint density at radius 1 is 1.40 bits per heavy atom. The maximum Gasteiger partial charge on any atom is 0.242 e. The summed E-state index contributed by atoms with van der Waals surface area (Å²) in [6.07, 6.45) is 3.99. The van der Waals surface area contributed by atoms with Crippen molar-refractivity contribution in [2.24, 2.45) is 20.7 Å². The third-order valence-electron chi connectivity index (χ3n) is 0.983. The molecule has 0 spiro atoms. The topological polar surface area (TPSA) is 49.4 Å². The lowest BCUT2D eigenvalue weighted by molar-refractivity contribution is 0.958. The molecule has 0 fully saturated rings. The van der Waals surface area contributed by atoms with Gasteiger partial charge in [0.25, 0.3) is 0 Å². The van der Waals surface area contributed by atoms with Crippen LogP contribution in [0.5, 0.6) is 0 Å². The van der Waals surface area contributed by atoms with Crippen LogP contribution in [0.4, 0.5) is 0 Å². The van der Waals surface area contributed by atoms with Gasteiger partial charge in [0.2, 0.25) is 5.82 Å². The zero-order chi connectivity index (χ0) is 7.23. The van der Waals surface area contributed by atoms with E-state index in [-0.39, 0.29) is 0 Å². The van der Waals surface area contributed by atoms with Crippen molar-refractivity contribution >= 4 is 0 Å². The van der Waals surface area contributed by atoms with Gasteiger partial charge >= 0.3 is 0 Å². The molecule has 0 amide bonds. The highest BCUT2D eigenvalue weighted by Gasteiger charge is 1.92. The number of rotatable bonds is 2. The van der Waals surface area contributed by atoms with E-state index in [4.69, 9.17) is 0 Å². The molecule has 0 aromatic carbocycles. The van der Waals surface area contributed by atoms with Crippen LogP contribution in [0, 0.1) is 0 Å². The lowest BCUT2D eigenvalue weighted by Crippen LogP contribution is -1.60. The zero-order valence-corrected chi connectivity index (χ0v) is 5.78. The molecule has 4 heteroatoms. The van der Waals surface area contributed by atoms with E-state index in [2.05, 4.69) is 33.3 Å². The molecule has 0 N–H and O–H groups in total. The Kier molecular flexibility index (Phi) is 2.52. The number of hydrogen-bond donors (Lipinski definition) is 0. The van der Waals surface area contributed by atoms with Crippen LogP contribution in [0.15, 0.2) is 38.3 Å². The van der Waals surface area contributed by atoms with Crippen LogP contribution in [-0.4, -0.2) is 0 Å². The van der Waals surface area contributed by atoms with E-state index < -0.39 is 0 Å². The van der Waals surface area contributed by atoms with Gasteiger partial charge in [0.15, 0.2) is 0 Å². The first kappa shape index (κ1) is 6.83. The lowest BCUT2D eigenvalue weighted by atomic mass is 10.3. The first-order valence-corrected chi connectivity index (χ1v) is 3.20. The molecule has 0 atom stereocenters. The maximum absolute atomic E-state index is 3.57. The van der Waals surface area contributed by atoms with Crippen LogP contribution in [0.3, 0.4) is 0 Å². The Balaban J connectivity index is 2.54. The zero-order valence-electron chi connectivity index (χ0n) is 5.78. The van der Waals surface area contributed by atoms with Gasteiger partial charge in [-0.25, -0.2) is 0 Å². The fraction of sp³-hybridized carbons (Fsp3) is 0.500. The Hall–Kier alpha value is -1.28. The number of unbranched alkanes of at least 4 members (excludes halogenated alkanes) is 1. The average molecular weight is 136 g/mol. The molecule has 0 saturated heterocycles. The summed E-state index contributed by atoms with van der Waals surface area (Å²) < 4.78 is 0. The molecule has 0 aromatic heterocycles. The summed E-state index contributed by atoms with van der Waals surface area (Å²) in [5.74, 6) is 0.466. The Bertz CT molecular complexity index is 206. The Labute approximate surface area is 59.0 Å². The Morgan fingerprint density at radius 3 is 2.70 bits per heavy atom. The highest BCUT2D eigenvalue weighted by Crippen LogP contribution is 2.06. The molecule has 4 nitrogen and oxygen atoms in total. The fourth-order valence-electron chi connectivity index (χ4n) is 0.510. The summed E-state index contributed by atoms with van der Waals surface area (Å²) >= 11 is 0. The van der Waals surface area contributed by atoms with Crippen LogP contribution in [0.25, 0.3) is 0 Å². The monoisotopic (exact) mass is 136 g/mol. The standard InChI is InChI=1S/C6H8N4/c1-2-3-4-5-6-7-9-10-8-6/h4H,2-3H2,1H3. The quantitative estimate of drug-likeness (QED) is 0.524. The van der Waals surface area contributed by atoms with Gasteiger partial charge < -0.3 is 0 Å². The predicted molar refractivity (Wildman–Crippen MR) is 36.2 cm³/mol.